The average molecular weight is 274 g/mol. The van der Waals surface area contributed by atoms with Crippen molar-refractivity contribution in [2.24, 2.45) is 0 Å². The lowest BCUT2D eigenvalue weighted by molar-refractivity contribution is 0.325. The van der Waals surface area contributed by atoms with E-state index in [2.05, 4.69) is 15.0 Å². The van der Waals surface area contributed by atoms with Crippen molar-refractivity contribution >= 4 is 5.69 Å². The summed E-state index contributed by atoms with van der Waals surface area (Å²) in [6.07, 6.45) is 2.13. The second-order valence-electron chi connectivity index (χ2n) is 4.18. The van der Waals surface area contributed by atoms with Gasteiger partial charge in [0.25, 0.3) is 0 Å². The molecule has 0 saturated heterocycles. The number of nitrogens with zero attached hydrogens (tertiary/aromatic N) is 3. The van der Waals surface area contributed by atoms with E-state index in [1.807, 2.05) is 32.9 Å². The predicted octanol–water partition coefficient (Wildman–Crippen LogP) is 2.52. The summed E-state index contributed by atoms with van der Waals surface area (Å²) in [5, 5.41) is 0. The molecule has 0 aliphatic rings. The molecule has 0 aliphatic heterocycles. The SMILES string of the molecule is CCOc1ncnc(Oc2ccc(C)nc2CC)c1N. The zero-order chi connectivity index (χ0) is 14.5. The van der Waals surface area contributed by atoms with E-state index < -0.39 is 0 Å². The van der Waals surface area contributed by atoms with Crippen LogP contribution in [0.3, 0.4) is 0 Å². The Bertz CT molecular complexity index is 602. The largest absolute Gasteiger partial charge is 0.476 e. The van der Waals surface area contributed by atoms with Crippen molar-refractivity contribution in [3.8, 4) is 17.5 Å². The van der Waals surface area contributed by atoms with Gasteiger partial charge in [0.15, 0.2) is 11.4 Å². The summed E-state index contributed by atoms with van der Waals surface area (Å²) in [5.41, 5.74) is 8.04. The summed E-state index contributed by atoms with van der Waals surface area (Å²) in [7, 11) is 0. The fraction of sp³-hybridized carbons (Fsp3) is 0.357. The summed E-state index contributed by atoms with van der Waals surface area (Å²) in [4.78, 5) is 12.5. The number of anilines is 1. The third-order valence-corrected chi connectivity index (χ3v) is 2.71. The van der Waals surface area contributed by atoms with E-state index in [0.717, 1.165) is 17.8 Å². The Morgan fingerprint density at radius 3 is 2.60 bits per heavy atom. The van der Waals surface area contributed by atoms with E-state index in [0.29, 0.717) is 18.2 Å². The maximum absolute atomic E-state index is 5.94. The number of ether oxygens (including phenoxy) is 2. The number of nitrogen functional groups attached to an aromatic ring is 1. The normalized spacial score (nSPS) is 10.3. The number of hydrogen-bond acceptors (Lipinski definition) is 6. The number of hydrogen-bond donors (Lipinski definition) is 1. The Morgan fingerprint density at radius 2 is 1.90 bits per heavy atom. The van der Waals surface area contributed by atoms with Gasteiger partial charge in [0.2, 0.25) is 11.8 Å². The first-order valence-electron chi connectivity index (χ1n) is 6.53. The number of pyridine rings is 1. The first-order chi connectivity index (χ1) is 9.65. The van der Waals surface area contributed by atoms with Gasteiger partial charge in [-0.3, -0.25) is 4.98 Å². The molecule has 106 valence electrons. The van der Waals surface area contributed by atoms with Crippen molar-refractivity contribution in [2.75, 3.05) is 12.3 Å². The van der Waals surface area contributed by atoms with Crippen LogP contribution in [0.4, 0.5) is 5.69 Å². The van der Waals surface area contributed by atoms with Crippen molar-refractivity contribution in [1.82, 2.24) is 15.0 Å². The molecule has 6 heteroatoms. The maximum atomic E-state index is 5.94. The lowest BCUT2D eigenvalue weighted by Crippen LogP contribution is -2.04. The van der Waals surface area contributed by atoms with Crippen LogP contribution in [0, 0.1) is 6.92 Å². The van der Waals surface area contributed by atoms with Crippen LogP contribution in [0.5, 0.6) is 17.5 Å². The average Bonchev–Trinajstić information content (AvgIpc) is 2.45. The Hall–Kier alpha value is -2.37. The molecule has 0 saturated carbocycles. The van der Waals surface area contributed by atoms with E-state index in [1.54, 1.807) is 0 Å². The molecule has 2 aromatic rings. The minimum absolute atomic E-state index is 0.281. The van der Waals surface area contributed by atoms with Gasteiger partial charge in [-0.05, 0) is 32.4 Å². The minimum Gasteiger partial charge on any atom is -0.476 e. The van der Waals surface area contributed by atoms with E-state index >= 15 is 0 Å². The van der Waals surface area contributed by atoms with Crippen LogP contribution in [-0.4, -0.2) is 21.6 Å². The van der Waals surface area contributed by atoms with Gasteiger partial charge in [0, 0.05) is 5.69 Å². The van der Waals surface area contributed by atoms with Crippen LogP contribution in [0.2, 0.25) is 0 Å². The third kappa shape index (κ3) is 2.96. The minimum atomic E-state index is 0.281. The highest BCUT2D eigenvalue weighted by Crippen LogP contribution is 2.31. The predicted molar refractivity (Wildman–Crippen MR) is 76.0 cm³/mol. The first kappa shape index (κ1) is 14.0. The molecule has 2 rings (SSSR count). The number of rotatable bonds is 5. The van der Waals surface area contributed by atoms with Crippen molar-refractivity contribution in [2.45, 2.75) is 27.2 Å². The molecule has 0 fully saturated rings. The van der Waals surface area contributed by atoms with Crippen molar-refractivity contribution in [1.29, 1.82) is 0 Å². The van der Waals surface area contributed by atoms with Gasteiger partial charge in [-0.1, -0.05) is 6.92 Å². The molecule has 0 amide bonds. The molecule has 2 aromatic heterocycles. The zero-order valence-electron chi connectivity index (χ0n) is 11.9. The fourth-order valence-corrected chi connectivity index (χ4v) is 1.75. The van der Waals surface area contributed by atoms with Gasteiger partial charge >= 0.3 is 0 Å². The molecule has 0 radical (unpaired) electrons. The molecular weight excluding hydrogens is 256 g/mol. The monoisotopic (exact) mass is 274 g/mol. The van der Waals surface area contributed by atoms with Crippen LogP contribution in [-0.2, 0) is 6.42 Å². The van der Waals surface area contributed by atoms with E-state index in [1.165, 1.54) is 6.33 Å². The van der Waals surface area contributed by atoms with Crippen molar-refractivity contribution in [3.05, 3.63) is 29.8 Å². The third-order valence-electron chi connectivity index (χ3n) is 2.71. The first-order valence-corrected chi connectivity index (χ1v) is 6.53. The summed E-state index contributed by atoms with van der Waals surface area (Å²) in [6, 6.07) is 3.75. The highest BCUT2D eigenvalue weighted by atomic mass is 16.5. The summed E-state index contributed by atoms with van der Waals surface area (Å²) in [6.45, 7) is 6.30. The molecule has 0 bridgehead atoms. The highest BCUT2D eigenvalue weighted by Gasteiger charge is 2.13. The van der Waals surface area contributed by atoms with E-state index in [4.69, 9.17) is 15.2 Å². The van der Waals surface area contributed by atoms with Gasteiger partial charge in [-0.25, -0.2) is 0 Å². The molecule has 2 heterocycles. The number of aromatic nitrogens is 3. The highest BCUT2D eigenvalue weighted by molar-refractivity contribution is 5.57. The molecule has 0 atom stereocenters. The lowest BCUT2D eigenvalue weighted by Gasteiger charge is -2.12. The van der Waals surface area contributed by atoms with Crippen molar-refractivity contribution < 1.29 is 9.47 Å². The summed E-state index contributed by atoms with van der Waals surface area (Å²) in [5.74, 6) is 1.25. The van der Waals surface area contributed by atoms with Gasteiger partial charge < -0.3 is 15.2 Å². The second-order valence-corrected chi connectivity index (χ2v) is 4.18. The fourth-order valence-electron chi connectivity index (χ4n) is 1.75. The van der Waals surface area contributed by atoms with Crippen molar-refractivity contribution in [3.63, 3.8) is 0 Å². The topological polar surface area (TPSA) is 83.2 Å². The Labute approximate surface area is 118 Å². The summed E-state index contributed by atoms with van der Waals surface area (Å²) < 4.78 is 11.1. The zero-order valence-corrected chi connectivity index (χ0v) is 11.9. The Kier molecular flexibility index (Phi) is 4.34. The van der Waals surface area contributed by atoms with Gasteiger partial charge in [-0.15, -0.1) is 0 Å². The molecule has 20 heavy (non-hydrogen) atoms. The molecule has 0 aliphatic carbocycles. The lowest BCUT2D eigenvalue weighted by atomic mass is 10.2. The molecule has 6 nitrogen and oxygen atoms in total. The molecule has 0 spiro atoms. The molecule has 0 unspecified atom stereocenters. The molecule has 2 N–H and O–H groups in total. The number of nitrogens with two attached hydrogens (primary N) is 1. The quantitative estimate of drug-likeness (QED) is 0.902. The standard InChI is InChI=1S/C14H18N4O2/c1-4-10-11(7-6-9(3)18-10)20-14-12(15)13(19-5-2)16-8-17-14/h6-8H,4-5,15H2,1-3H3. The maximum Gasteiger partial charge on any atom is 0.249 e. The van der Waals surface area contributed by atoms with E-state index in [-0.39, 0.29) is 11.6 Å². The Balaban J connectivity index is 2.33. The van der Waals surface area contributed by atoms with E-state index in [9.17, 15) is 0 Å². The van der Waals surface area contributed by atoms with Crippen LogP contribution < -0.4 is 15.2 Å². The number of aryl methyl sites for hydroxylation is 2. The smallest absolute Gasteiger partial charge is 0.249 e. The van der Waals surface area contributed by atoms with Gasteiger partial charge in [-0.2, -0.15) is 9.97 Å². The van der Waals surface area contributed by atoms with Crippen LogP contribution in [0.15, 0.2) is 18.5 Å². The molecular formula is C14H18N4O2. The Morgan fingerprint density at radius 1 is 1.15 bits per heavy atom. The van der Waals surface area contributed by atoms with Gasteiger partial charge in [0.1, 0.15) is 6.33 Å². The molecule has 0 aromatic carbocycles. The second kappa shape index (κ2) is 6.18. The van der Waals surface area contributed by atoms with Crippen LogP contribution in [0.25, 0.3) is 0 Å². The van der Waals surface area contributed by atoms with Crippen LogP contribution in [0.1, 0.15) is 25.2 Å². The summed E-state index contributed by atoms with van der Waals surface area (Å²) >= 11 is 0. The van der Waals surface area contributed by atoms with Gasteiger partial charge in [0.05, 0.1) is 12.3 Å². The van der Waals surface area contributed by atoms with Crippen LogP contribution >= 0.6 is 0 Å².